The van der Waals surface area contributed by atoms with Gasteiger partial charge in [-0.2, -0.15) is 0 Å². The van der Waals surface area contributed by atoms with Crippen LogP contribution in [0.4, 0.5) is 0 Å². The third-order valence-corrected chi connectivity index (χ3v) is 9.01. The average Bonchev–Trinajstić information content (AvgIpc) is 3.76. The summed E-state index contributed by atoms with van der Waals surface area (Å²) in [6, 6.07) is 6.56. The Labute approximate surface area is 267 Å². The first-order valence-electron chi connectivity index (χ1n) is 16.1. The van der Waals surface area contributed by atoms with Crippen molar-refractivity contribution in [3.8, 4) is 0 Å². The highest BCUT2D eigenvalue weighted by Crippen LogP contribution is 2.38. The van der Waals surface area contributed by atoms with Crippen molar-refractivity contribution in [1.82, 2.24) is 20.0 Å². The molecule has 45 heavy (non-hydrogen) atoms. The van der Waals surface area contributed by atoms with Crippen molar-refractivity contribution in [2.24, 2.45) is 0 Å². The summed E-state index contributed by atoms with van der Waals surface area (Å²) in [4.78, 5) is 59.0. The summed E-state index contributed by atoms with van der Waals surface area (Å²) in [5.41, 5.74) is 1.47. The molecule has 8 heteroatoms. The van der Waals surface area contributed by atoms with Crippen molar-refractivity contribution >= 4 is 34.4 Å². The van der Waals surface area contributed by atoms with E-state index in [-0.39, 0.29) is 23.6 Å². The second-order valence-corrected chi connectivity index (χ2v) is 12.1. The summed E-state index contributed by atoms with van der Waals surface area (Å²) in [5, 5.41) is 4.25. The van der Waals surface area contributed by atoms with Gasteiger partial charge in [-0.15, -0.1) is 0 Å². The minimum absolute atomic E-state index is 0.297. The van der Waals surface area contributed by atoms with Crippen LogP contribution in [-0.4, -0.2) is 84.6 Å². The Balaban J connectivity index is 1.04. The van der Waals surface area contributed by atoms with E-state index in [1.807, 2.05) is 12.8 Å². The van der Waals surface area contributed by atoms with Crippen LogP contribution in [0.2, 0.25) is 0 Å². The summed E-state index contributed by atoms with van der Waals surface area (Å²) in [7, 11) is 2.06. The summed E-state index contributed by atoms with van der Waals surface area (Å²) in [6.45, 7) is 3.87. The summed E-state index contributed by atoms with van der Waals surface area (Å²) in [5.74, 6) is 1.16. The van der Waals surface area contributed by atoms with Crippen molar-refractivity contribution < 1.29 is 19.2 Å². The molecule has 2 fully saturated rings. The van der Waals surface area contributed by atoms with Gasteiger partial charge in [0.15, 0.2) is 0 Å². The lowest BCUT2D eigenvalue weighted by Crippen LogP contribution is -2.44. The Morgan fingerprint density at radius 1 is 0.556 bits per heavy atom. The predicted molar refractivity (Wildman–Crippen MR) is 174 cm³/mol. The molecule has 0 atom stereocenters. The van der Waals surface area contributed by atoms with Gasteiger partial charge in [-0.3, -0.25) is 29.0 Å². The van der Waals surface area contributed by atoms with Gasteiger partial charge >= 0.3 is 0 Å². The molecule has 10 radical (unpaired) electrons. The van der Waals surface area contributed by atoms with Crippen LogP contribution < -0.4 is 5.32 Å². The van der Waals surface area contributed by atoms with Crippen molar-refractivity contribution in [2.75, 3.05) is 46.3 Å². The molecular weight excluding hydrogens is 564 g/mol. The molecule has 1 N–H and O–H groups in total. The average molecular weight is 605 g/mol. The van der Waals surface area contributed by atoms with Gasteiger partial charge < -0.3 is 10.2 Å². The molecule has 8 nitrogen and oxygen atoms in total. The molecule has 232 valence electrons. The second-order valence-electron chi connectivity index (χ2n) is 12.1. The van der Waals surface area contributed by atoms with E-state index in [2.05, 4.69) is 55.8 Å². The first-order valence-corrected chi connectivity index (χ1v) is 16.1. The highest BCUT2D eigenvalue weighted by molar-refractivity contribution is 6.33. The molecule has 6 rings (SSSR count). The number of hydrogen-bond donors (Lipinski definition) is 1. The minimum atomic E-state index is -0.379. The molecule has 2 saturated carbocycles. The van der Waals surface area contributed by atoms with Gasteiger partial charge in [0.25, 0.3) is 23.6 Å². The van der Waals surface area contributed by atoms with E-state index < -0.39 is 0 Å². The molecule has 2 aromatic rings. The first kappa shape index (κ1) is 31.9. The Hall–Kier alpha value is -3.10. The fourth-order valence-corrected chi connectivity index (χ4v) is 6.61. The van der Waals surface area contributed by atoms with E-state index in [1.165, 1.54) is 21.6 Å². The van der Waals surface area contributed by atoms with Crippen molar-refractivity contribution in [3.05, 3.63) is 110 Å². The van der Waals surface area contributed by atoms with E-state index in [4.69, 9.17) is 0 Å². The number of carbonyl (C=O) groups excluding carboxylic acids is 4. The van der Waals surface area contributed by atoms with Gasteiger partial charge in [0, 0.05) is 46.1 Å². The topological polar surface area (TPSA) is 90.0 Å². The van der Waals surface area contributed by atoms with Gasteiger partial charge in [0.2, 0.25) is 0 Å². The van der Waals surface area contributed by atoms with Crippen molar-refractivity contribution in [1.29, 1.82) is 0 Å². The monoisotopic (exact) mass is 604 g/mol. The maximum atomic E-state index is 13.6. The zero-order chi connectivity index (χ0) is 31.3. The van der Waals surface area contributed by atoms with E-state index >= 15 is 0 Å². The lowest BCUT2D eigenvalue weighted by molar-refractivity contribution is 0.0585. The van der Waals surface area contributed by atoms with Gasteiger partial charge in [0.1, 0.15) is 0 Å². The Bertz CT molecular complexity index is 1350. The fraction of sp³-hybridized carbons (Fsp3) is 0.351. The summed E-state index contributed by atoms with van der Waals surface area (Å²) >= 11 is 0. The second kappa shape index (κ2) is 14.5. The Morgan fingerprint density at radius 3 is 1.44 bits per heavy atom. The number of hydrogen-bond acceptors (Lipinski definition) is 6. The summed E-state index contributed by atoms with van der Waals surface area (Å²) in [6.07, 6.45) is 22.1. The Morgan fingerprint density at radius 2 is 0.956 bits per heavy atom. The van der Waals surface area contributed by atoms with Crippen LogP contribution in [-0.2, 0) is 0 Å². The van der Waals surface area contributed by atoms with E-state index in [9.17, 15) is 19.2 Å². The van der Waals surface area contributed by atoms with Gasteiger partial charge in [-0.1, -0.05) is 0 Å². The van der Waals surface area contributed by atoms with Crippen molar-refractivity contribution in [3.63, 3.8) is 0 Å². The number of nitrogens with zero attached hydrogens (tertiary/aromatic N) is 3. The van der Waals surface area contributed by atoms with Crippen LogP contribution in [0.25, 0.3) is 10.8 Å². The lowest BCUT2D eigenvalue weighted by Gasteiger charge is -2.32. The van der Waals surface area contributed by atoms with Crippen molar-refractivity contribution in [2.45, 2.75) is 38.5 Å². The molecule has 0 aromatic heterocycles. The quantitative estimate of drug-likeness (QED) is 0.221. The number of imide groups is 2. The number of benzene rings is 2. The number of carbonyl (C=O) groups is 4. The molecule has 0 spiro atoms. The molecule has 2 heterocycles. The minimum Gasteiger partial charge on any atom is -0.317 e. The van der Waals surface area contributed by atoms with E-state index in [0.717, 1.165) is 45.3 Å². The van der Waals surface area contributed by atoms with Crippen LogP contribution in [0, 0.1) is 63.2 Å². The highest BCUT2D eigenvalue weighted by Gasteiger charge is 2.39. The number of nitrogens with one attached hydrogen (secondary N) is 1. The molecule has 2 aromatic carbocycles. The first-order chi connectivity index (χ1) is 21.9. The molecule has 2 aliphatic carbocycles. The molecule has 4 aliphatic rings. The standard InChI is InChI=1S/C37H40N4O4/c1-39(22-7-15-27-12-4-5-13-27)23-9-25-41-36(44)30-18-16-28-32-29(17-19-31(33(30)32)37(41)45)35(43)40(34(28)42)24-8-21-38-20-6-14-26-10-2-3-11-26/h2-5,10-13,16-19,38H,6-9,14-15,20-25H2,1H3. The van der Waals surface area contributed by atoms with Gasteiger partial charge in [0.05, 0.1) is 0 Å². The SMILES string of the molecule is CN(CCC[C]1[CH][CH][CH][CH]1)CCCN1C(=O)c2ccc3c4c(ccc(c24)C1=O)C(=O)N(CCCNCCC[C]1[CH][CH][CH][CH]1)C3=O. The summed E-state index contributed by atoms with van der Waals surface area (Å²) < 4.78 is 0. The van der Waals surface area contributed by atoms with Crippen LogP contribution in [0.1, 0.15) is 80.0 Å². The van der Waals surface area contributed by atoms with Crippen LogP contribution in [0.3, 0.4) is 0 Å². The molecule has 2 aliphatic heterocycles. The number of amides is 4. The zero-order valence-electron chi connectivity index (χ0n) is 25.9. The number of rotatable bonds is 16. The lowest BCUT2D eigenvalue weighted by atomic mass is 9.86. The maximum Gasteiger partial charge on any atom is 0.261 e. The largest absolute Gasteiger partial charge is 0.317 e. The Kier molecular flexibility index (Phi) is 10.3. The van der Waals surface area contributed by atoms with E-state index in [1.54, 1.807) is 24.3 Å². The third-order valence-electron chi connectivity index (χ3n) is 9.01. The predicted octanol–water partition coefficient (Wildman–Crippen LogP) is 4.70. The molecule has 4 amide bonds. The fourth-order valence-electron chi connectivity index (χ4n) is 6.61. The molecule has 0 saturated heterocycles. The van der Waals surface area contributed by atoms with Crippen LogP contribution >= 0.6 is 0 Å². The zero-order valence-corrected chi connectivity index (χ0v) is 25.9. The van der Waals surface area contributed by atoms with Gasteiger partial charge in [-0.25, -0.2) is 0 Å². The highest BCUT2D eigenvalue weighted by atomic mass is 16.2. The van der Waals surface area contributed by atoms with Crippen LogP contribution in [0.5, 0.6) is 0 Å². The maximum absolute atomic E-state index is 13.6. The third kappa shape index (κ3) is 6.87. The van der Waals surface area contributed by atoms with Gasteiger partial charge in [-0.05, 0) is 159 Å². The smallest absolute Gasteiger partial charge is 0.261 e. The normalized spacial score (nSPS) is 18.9. The molecular formula is C37H40N4O4. The molecule has 0 unspecified atom stereocenters. The van der Waals surface area contributed by atoms with Crippen LogP contribution in [0.15, 0.2) is 24.3 Å². The van der Waals surface area contributed by atoms with E-state index in [0.29, 0.717) is 65.5 Å². The molecule has 0 bridgehead atoms.